The summed E-state index contributed by atoms with van der Waals surface area (Å²) < 4.78 is 31.6. The van der Waals surface area contributed by atoms with Crippen molar-refractivity contribution < 1.29 is 13.2 Å². The first-order chi connectivity index (χ1) is 13.1. The van der Waals surface area contributed by atoms with Crippen LogP contribution in [0.25, 0.3) is 22.2 Å². The third-order valence-corrected chi connectivity index (χ3v) is 7.51. The minimum Gasteiger partial charge on any atom is -0.361 e. The maximum atomic E-state index is 11.9. The van der Waals surface area contributed by atoms with Crippen LogP contribution in [0.4, 0.5) is 0 Å². The number of halogens is 1. The predicted molar refractivity (Wildman–Crippen MR) is 115 cm³/mol. The Balaban J connectivity index is 2.00. The van der Waals surface area contributed by atoms with Gasteiger partial charge in [-0.1, -0.05) is 43.4 Å². The topological polar surface area (TPSA) is 74.1 Å². The molecule has 0 radical (unpaired) electrons. The number of hydrogen-bond donors (Lipinski definition) is 0. The van der Waals surface area contributed by atoms with Gasteiger partial charge in [0.05, 0.1) is 10.3 Å². The van der Waals surface area contributed by atoms with Gasteiger partial charge in [-0.3, -0.25) is 0 Å². The molecule has 0 N–H and O–H groups in total. The molecule has 28 heavy (non-hydrogen) atoms. The van der Waals surface area contributed by atoms with E-state index in [0.29, 0.717) is 29.5 Å². The van der Waals surface area contributed by atoms with Crippen LogP contribution in [0.5, 0.6) is 0 Å². The van der Waals surface area contributed by atoms with E-state index in [1.54, 1.807) is 18.2 Å². The molecule has 0 amide bonds. The largest absolute Gasteiger partial charge is 0.361 e. The molecule has 0 spiro atoms. The Morgan fingerprint density at radius 1 is 1.21 bits per heavy atom. The fourth-order valence-electron chi connectivity index (χ4n) is 2.84. The SMILES string of the molecule is C[Si](C)(C)CCOCn1cc(-c2cccc(S(C)(=O)=O)c2)c2c(Cl)ncnc21. The summed E-state index contributed by atoms with van der Waals surface area (Å²) >= 11 is 6.36. The Morgan fingerprint density at radius 3 is 2.64 bits per heavy atom. The maximum absolute atomic E-state index is 11.9. The van der Waals surface area contributed by atoms with Gasteiger partial charge < -0.3 is 9.30 Å². The van der Waals surface area contributed by atoms with Crippen molar-refractivity contribution >= 4 is 40.5 Å². The van der Waals surface area contributed by atoms with Crippen molar-refractivity contribution in [2.75, 3.05) is 12.9 Å². The van der Waals surface area contributed by atoms with Crippen LogP contribution in [-0.4, -0.2) is 43.9 Å². The van der Waals surface area contributed by atoms with Crippen molar-refractivity contribution in [3.8, 4) is 11.1 Å². The van der Waals surface area contributed by atoms with E-state index in [1.165, 1.54) is 12.6 Å². The van der Waals surface area contributed by atoms with Crippen LogP contribution in [0.15, 0.2) is 41.7 Å². The Bertz CT molecular complexity index is 1110. The maximum Gasteiger partial charge on any atom is 0.175 e. The highest BCUT2D eigenvalue weighted by Crippen LogP contribution is 2.34. The molecule has 0 bridgehead atoms. The van der Waals surface area contributed by atoms with Gasteiger partial charge >= 0.3 is 0 Å². The molecule has 0 fully saturated rings. The van der Waals surface area contributed by atoms with Gasteiger partial charge in [-0.25, -0.2) is 18.4 Å². The number of benzene rings is 1. The molecule has 1 aromatic carbocycles. The molecular weight excluding hydrogens is 414 g/mol. The number of hydrogen-bond acceptors (Lipinski definition) is 5. The van der Waals surface area contributed by atoms with Crippen molar-refractivity contribution in [1.29, 1.82) is 0 Å². The zero-order valence-corrected chi connectivity index (χ0v) is 19.0. The summed E-state index contributed by atoms with van der Waals surface area (Å²) in [7, 11) is -4.48. The van der Waals surface area contributed by atoms with Crippen molar-refractivity contribution in [2.45, 2.75) is 37.3 Å². The molecule has 3 rings (SSSR count). The van der Waals surface area contributed by atoms with Crippen LogP contribution in [0.1, 0.15) is 0 Å². The van der Waals surface area contributed by atoms with E-state index >= 15 is 0 Å². The minimum absolute atomic E-state index is 0.255. The lowest BCUT2D eigenvalue weighted by Crippen LogP contribution is -2.22. The molecule has 0 saturated carbocycles. The molecule has 0 unspecified atom stereocenters. The molecule has 3 aromatic rings. The second kappa shape index (κ2) is 7.94. The Labute approximate surface area is 171 Å². The summed E-state index contributed by atoms with van der Waals surface area (Å²) in [6, 6.07) is 7.87. The third kappa shape index (κ3) is 4.80. The monoisotopic (exact) mass is 437 g/mol. The molecule has 9 heteroatoms. The van der Waals surface area contributed by atoms with E-state index in [2.05, 4.69) is 29.6 Å². The van der Waals surface area contributed by atoms with Gasteiger partial charge in [-0.15, -0.1) is 0 Å². The van der Waals surface area contributed by atoms with Crippen molar-refractivity contribution in [1.82, 2.24) is 14.5 Å². The van der Waals surface area contributed by atoms with Gasteiger partial charge in [-0.05, 0) is 23.7 Å². The van der Waals surface area contributed by atoms with Gasteiger partial charge in [0.15, 0.2) is 9.84 Å². The lowest BCUT2D eigenvalue weighted by Gasteiger charge is -2.15. The molecule has 0 saturated heterocycles. The fraction of sp³-hybridized carbons (Fsp3) is 0.368. The van der Waals surface area contributed by atoms with Gasteiger partial charge in [0.2, 0.25) is 0 Å². The quantitative estimate of drug-likeness (QED) is 0.309. The highest BCUT2D eigenvalue weighted by atomic mass is 35.5. The fourth-order valence-corrected chi connectivity index (χ4v) is 4.49. The number of ether oxygens (including phenoxy) is 1. The minimum atomic E-state index is -3.31. The summed E-state index contributed by atoms with van der Waals surface area (Å²) in [5, 5.41) is 1.01. The van der Waals surface area contributed by atoms with E-state index < -0.39 is 17.9 Å². The molecule has 0 aliphatic heterocycles. The lowest BCUT2D eigenvalue weighted by atomic mass is 10.1. The van der Waals surface area contributed by atoms with Crippen LogP contribution in [0.2, 0.25) is 30.8 Å². The predicted octanol–water partition coefficient (Wildman–Crippen LogP) is 4.47. The van der Waals surface area contributed by atoms with Gasteiger partial charge in [0.25, 0.3) is 0 Å². The lowest BCUT2D eigenvalue weighted by molar-refractivity contribution is 0.0899. The average molecular weight is 438 g/mol. The molecule has 0 atom stereocenters. The summed E-state index contributed by atoms with van der Waals surface area (Å²) in [6.07, 6.45) is 4.50. The van der Waals surface area contributed by atoms with Crippen LogP contribution in [-0.2, 0) is 21.3 Å². The number of rotatable bonds is 7. The Morgan fingerprint density at radius 2 is 1.96 bits per heavy atom. The standard InChI is InChI=1S/C19H24ClN3O3SSi/c1-27(24,25)15-7-5-6-14(10-15)16-11-23(13-26-8-9-28(2,3)4)19-17(16)18(20)21-12-22-19/h5-7,10-12H,8-9,13H2,1-4H3. The van der Waals surface area contributed by atoms with Gasteiger partial charge in [0.1, 0.15) is 23.9 Å². The van der Waals surface area contributed by atoms with E-state index in [1.807, 2.05) is 16.8 Å². The molecular formula is C19H24ClN3O3SSi. The second-order valence-electron chi connectivity index (χ2n) is 8.02. The smallest absolute Gasteiger partial charge is 0.175 e. The summed E-state index contributed by atoms with van der Waals surface area (Å²) in [5.41, 5.74) is 2.18. The number of fused-ring (bicyclic) bond motifs is 1. The third-order valence-electron chi connectivity index (χ3n) is 4.41. The molecule has 2 aromatic heterocycles. The number of aromatic nitrogens is 3. The molecule has 0 aliphatic carbocycles. The summed E-state index contributed by atoms with van der Waals surface area (Å²) in [6.45, 7) is 7.96. The second-order valence-corrected chi connectivity index (χ2v) is 16.0. The highest BCUT2D eigenvalue weighted by Gasteiger charge is 2.18. The number of nitrogens with zero attached hydrogens (tertiary/aromatic N) is 3. The normalized spacial score (nSPS) is 12.6. The highest BCUT2D eigenvalue weighted by molar-refractivity contribution is 7.90. The first kappa shape index (κ1) is 21.0. The molecule has 2 heterocycles. The Hall–Kier alpha value is -1.74. The van der Waals surface area contributed by atoms with Crippen LogP contribution < -0.4 is 0 Å². The van der Waals surface area contributed by atoms with Crippen LogP contribution in [0.3, 0.4) is 0 Å². The van der Waals surface area contributed by atoms with Gasteiger partial charge in [-0.2, -0.15) is 0 Å². The van der Waals surface area contributed by atoms with Crippen molar-refractivity contribution in [3.63, 3.8) is 0 Å². The molecule has 0 aliphatic rings. The average Bonchev–Trinajstić information content (AvgIpc) is 2.97. The molecule has 6 nitrogen and oxygen atoms in total. The summed E-state index contributed by atoms with van der Waals surface area (Å²) in [5.74, 6) is 0. The van der Waals surface area contributed by atoms with E-state index in [9.17, 15) is 8.42 Å². The summed E-state index contributed by atoms with van der Waals surface area (Å²) in [4.78, 5) is 8.71. The van der Waals surface area contributed by atoms with Crippen LogP contribution in [0, 0.1) is 0 Å². The van der Waals surface area contributed by atoms with E-state index in [-0.39, 0.29) is 4.90 Å². The van der Waals surface area contributed by atoms with E-state index in [4.69, 9.17) is 16.3 Å². The van der Waals surface area contributed by atoms with Crippen molar-refractivity contribution in [2.24, 2.45) is 0 Å². The molecule has 150 valence electrons. The van der Waals surface area contributed by atoms with Gasteiger partial charge in [0, 0.05) is 32.7 Å². The zero-order chi connectivity index (χ0) is 20.5. The van der Waals surface area contributed by atoms with E-state index in [0.717, 1.165) is 17.2 Å². The van der Waals surface area contributed by atoms with Crippen molar-refractivity contribution in [3.05, 3.63) is 41.9 Å². The zero-order valence-electron chi connectivity index (χ0n) is 16.4. The first-order valence-corrected chi connectivity index (χ1v) is 14.9. The van der Waals surface area contributed by atoms with Crippen LogP contribution >= 0.6 is 11.6 Å². The first-order valence-electron chi connectivity index (χ1n) is 8.94. The number of sulfone groups is 1. The Kier molecular flexibility index (Phi) is 5.95.